The zero-order chi connectivity index (χ0) is 16.8. The maximum Gasteiger partial charge on any atom is 0.249 e. The van der Waals surface area contributed by atoms with Crippen molar-refractivity contribution in [3.63, 3.8) is 0 Å². The Hall–Kier alpha value is -1.63. The van der Waals surface area contributed by atoms with Crippen molar-refractivity contribution in [2.75, 3.05) is 46.6 Å². The van der Waals surface area contributed by atoms with E-state index < -0.39 is 0 Å². The minimum Gasteiger partial charge on any atom is -0.497 e. The molecule has 1 aromatic carbocycles. The van der Waals surface area contributed by atoms with Gasteiger partial charge in [0.05, 0.1) is 26.4 Å². The average molecular weight is 334 g/mol. The maximum absolute atomic E-state index is 12.3. The predicted molar refractivity (Wildman–Crippen MR) is 90.1 cm³/mol. The molecule has 0 spiro atoms. The Morgan fingerprint density at radius 2 is 2.04 bits per heavy atom. The second-order valence-electron chi connectivity index (χ2n) is 6.18. The molecular weight excluding hydrogens is 308 g/mol. The molecule has 132 valence electrons. The molecule has 6 heteroatoms. The Labute approximate surface area is 143 Å². The molecule has 2 aliphatic rings. The molecular formula is C18H26N2O4. The Bertz CT molecular complexity index is 522. The Kier molecular flexibility index (Phi) is 6.07. The largest absolute Gasteiger partial charge is 0.497 e. The summed E-state index contributed by atoms with van der Waals surface area (Å²) in [5.41, 5.74) is 1.17. The van der Waals surface area contributed by atoms with Crippen LogP contribution >= 0.6 is 0 Å². The van der Waals surface area contributed by atoms with Crippen molar-refractivity contribution in [1.29, 1.82) is 0 Å². The first kappa shape index (κ1) is 17.2. The molecule has 2 saturated heterocycles. The fourth-order valence-electron chi connectivity index (χ4n) is 3.27. The summed E-state index contributed by atoms with van der Waals surface area (Å²) in [5.74, 6) is 0.835. The van der Waals surface area contributed by atoms with E-state index in [9.17, 15) is 4.79 Å². The second kappa shape index (κ2) is 8.46. The summed E-state index contributed by atoms with van der Waals surface area (Å²) in [6.07, 6.45) is 1.49. The van der Waals surface area contributed by atoms with Gasteiger partial charge in [0.1, 0.15) is 11.9 Å². The molecule has 0 radical (unpaired) electrons. The SMILES string of the molecule is COc1ccc([C@H](CNC(=O)[C@H]2CCCO2)N2CCOCC2)cc1. The molecule has 2 atom stereocenters. The zero-order valence-corrected chi connectivity index (χ0v) is 14.2. The number of morpholine rings is 1. The van der Waals surface area contributed by atoms with E-state index in [0.717, 1.165) is 44.9 Å². The second-order valence-corrected chi connectivity index (χ2v) is 6.18. The Balaban J connectivity index is 1.67. The maximum atomic E-state index is 12.3. The van der Waals surface area contributed by atoms with Gasteiger partial charge in [-0.25, -0.2) is 0 Å². The summed E-state index contributed by atoms with van der Waals surface area (Å²) in [6.45, 7) is 4.45. The van der Waals surface area contributed by atoms with Crippen LogP contribution in [0.3, 0.4) is 0 Å². The molecule has 0 saturated carbocycles. The van der Waals surface area contributed by atoms with E-state index in [2.05, 4.69) is 22.3 Å². The lowest BCUT2D eigenvalue weighted by Gasteiger charge is -2.35. The number of nitrogens with zero attached hydrogens (tertiary/aromatic N) is 1. The minimum absolute atomic E-state index is 0.000675. The molecule has 1 amide bonds. The molecule has 0 bridgehead atoms. The van der Waals surface area contributed by atoms with Crippen molar-refractivity contribution in [3.05, 3.63) is 29.8 Å². The van der Waals surface area contributed by atoms with Crippen molar-refractivity contribution in [2.45, 2.75) is 25.0 Å². The third kappa shape index (κ3) is 4.26. The van der Waals surface area contributed by atoms with Crippen LogP contribution in [0.25, 0.3) is 0 Å². The lowest BCUT2D eigenvalue weighted by atomic mass is 10.0. The molecule has 24 heavy (non-hydrogen) atoms. The van der Waals surface area contributed by atoms with Gasteiger partial charge < -0.3 is 19.5 Å². The number of methoxy groups -OCH3 is 1. The smallest absolute Gasteiger partial charge is 0.249 e. The van der Waals surface area contributed by atoms with Gasteiger partial charge >= 0.3 is 0 Å². The van der Waals surface area contributed by atoms with Gasteiger partial charge in [-0.1, -0.05) is 12.1 Å². The lowest BCUT2D eigenvalue weighted by Crippen LogP contribution is -2.45. The molecule has 1 aromatic rings. The van der Waals surface area contributed by atoms with Crippen LogP contribution in [-0.2, 0) is 14.3 Å². The molecule has 0 unspecified atom stereocenters. The molecule has 2 fully saturated rings. The number of nitrogens with one attached hydrogen (secondary N) is 1. The predicted octanol–water partition coefficient (Wildman–Crippen LogP) is 1.36. The molecule has 3 rings (SSSR count). The van der Waals surface area contributed by atoms with Crippen molar-refractivity contribution in [3.8, 4) is 5.75 Å². The zero-order valence-electron chi connectivity index (χ0n) is 14.2. The number of benzene rings is 1. The van der Waals surface area contributed by atoms with Crippen molar-refractivity contribution < 1.29 is 19.0 Å². The lowest BCUT2D eigenvalue weighted by molar-refractivity contribution is -0.130. The number of ether oxygens (including phenoxy) is 3. The number of hydrogen-bond donors (Lipinski definition) is 1. The summed E-state index contributed by atoms with van der Waals surface area (Å²) < 4.78 is 16.2. The highest BCUT2D eigenvalue weighted by Gasteiger charge is 2.27. The molecule has 2 aliphatic heterocycles. The van der Waals surface area contributed by atoms with E-state index in [4.69, 9.17) is 14.2 Å². The normalized spacial score (nSPS) is 23.0. The number of carbonyl (C=O) groups is 1. The fraction of sp³-hybridized carbons (Fsp3) is 0.611. The van der Waals surface area contributed by atoms with E-state index >= 15 is 0 Å². The van der Waals surface area contributed by atoms with Crippen molar-refractivity contribution >= 4 is 5.91 Å². The molecule has 6 nitrogen and oxygen atoms in total. The van der Waals surface area contributed by atoms with Gasteiger partial charge in [0.25, 0.3) is 0 Å². The highest BCUT2D eigenvalue weighted by Crippen LogP contribution is 2.24. The summed E-state index contributed by atoms with van der Waals surface area (Å²) in [7, 11) is 1.66. The summed E-state index contributed by atoms with van der Waals surface area (Å²) in [5, 5.41) is 3.07. The Morgan fingerprint density at radius 1 is 1.29 bits per heavy atom. The van der Waals surface area contributed by atoms with Crippen LogP contribution in [0.5, 0.6) is 5.75 Å². The molecule has 1 N–H and O–H groups in total. The third-order valence-corrected chi connectivity index (χ3v) is 4.68. The monoisotopic (exact) mass is 334 g/mol. The number of rotatable bonds is 6. The highest BCUT2D eigenvalue weighted by molar-refractivity contribution is 5.81. The van der Waals surface area contributed by atoms with Crippen LogP contribution in [0.4, 0.5) is 0 Å². The minimum atomic E-state index is -0.286. The molecule has 2 heterocycles. The first-order valence-corrected chi connectivity index (χ1v) is 8.63. The van der Waals surface area contributed by atoms with Crippen LogP contribution < -0.4 is 10.1 Å². The van der Waals surface area contributed by atoms with Crippen LogP contribution in [0.1, 0.15) is 24.4 Å². The van der Waals surface area contributed by atoms with Crippen molar-refractivity contribution in [2.24, 2.45) is 0 Å². The highest BCUT2D eigenvalue weighted by atomic mass is 16.5. The quantitative estimate of drug-likeness (QED) is 0.851. The number of amides is 1. The third-order valence-electron chi connectivity index (χ3n) is 4.68. The first-order chi connectivity index (χ1) is 11.8. The number of carbonyl (C=O) groups excluding carboxylic acids is 1. The van der Waals surface area contributed by atoms with Crippen molar-refractivity contribution in [1.82, 2.24) is 10.2 Å². The van der Waals surface area contributed by atoms with Gasteiger partial charge in [-0.05, 0) is 30.5 Å². The van der Waals surface area contributed by atoms with E-state index in [1.807, 2.05) is 12.1 Å². The van der Waals surface area contributed by atoms with E-state index in [0.29, 0.717) is 13.2 Å². The van der Waals surface area contributed by atoms with Gasteiger partial charge in [0.15, 0.2) is 0 Å². The van der Waals surface area contributed by atoms with Crippen LogP contribution in [0.2, 0.25) is 0 Å². The summed E-state index contributed by atoms with van der Waals surface area (Å²) in [6, 6.07) is 8.19. The van der Waals surface area contributed by atoms with E-state index in [1.54, 1.807) is 7.11 Å². The van der Waals surface area contributed by atoms with Gasteiger partial charge in [-0.3, -0.25) is 9.69 Å². The topological polar surface area (TPSA) is 60.0 Å². The molecule has 0 aliphatic carbocycles. The molecule has 0 aromatic heterocycles. The van der Waals surface area contributed by atoms with Crippen LogP contribution in [-0.4, -0.2) is 63.5 Å². The Morgan fingerprint density at radius 3 is 2.67 bits per heavy atom. The van der Waals surface area contributed by atoms with Gasteiger partial charge in [-0.15, -0.1) is 0 Å². The fourth-order valence-corrected chi connectivity index (χ4v) is 3.27. The number of hydrogen-bond acceptors (Lipinski definition) is 5. The summed E-state index contributed by atoms with van der Waals surface area (Å²) >= 11 is 0. The first-order valence-electron chi connectivity index (χ1n) is 8.63. The average Bonchev–Trinajstić information content (AvgIpc) is 3.18. The van der Waals surface area contributed by atoms with Crippen LogP contribution in [0, 0.1) is 0 Å². The van der Waals surface area contributed by atoms with E-state index in [1.165, 1.54) is 5.56 Å². The standard InChI is InChI=1S/C18H26N2O4/c1-22-15-6-4-14(5-7-15)16(20-8-11-23-12-9-20)13-19-18(21)17-3-2-10-24-17/h4-7,16-17H,2-3,8-13H2,1H3,(H,19,21)/t16-,17+/m0/s1. The van der Waals surface area contributed by atoms with Gasteiger partial charge in [0, 0.05) is 26.2 Å². The van der Waals surface area contributed by atoms with Gasteiger partial charge in [0.2, 0.25) is 5.91 Å². The van der Waals surface area contributed by atoms with Crippen LogP contribution in [0.15, 0.2) is 24.3 Å². The van der Waals surface area contributed by atoms with Gasteiger partial charge in [-0.2, -0.15) is 0 Å². The summed E-state index contributed by atoms with van der Waals surface area (Å²) in [4.78, 5) is 14.6. The van der Waals surface area contributed by atoms with E-state index in [-0.39, 0.29) is 18.1 Å².